The lowest BCUT2D eigenvalue weighted by Gasteiger charge is -2.25. The molecule has 0 saturated heterocycles. The van der Waals surface area contributed by atoms with E-state index < -0.39 is 0 Å². The minimum atomic E-state index is 0.206. The molecule has 1 rings (SSSR count). The van der Waals surface area contributed by atoms with Gasteiger partial charge in [0.05, 0.1) is 11.7 Å². The molecule has 2 N–H and O–H groups in total. The number of aromatic nitrogens is 2. The molecule has 0 aliphatic carbocycles. The molecule has 0 radical (unpaired) electrons. The van der Waals surface area contributed by atoms with E-state index in [1.165, 1.54) is 0 Å². The van der Waals surface area contributed by atoms with E-state index >= 15 is 0 Å². The summed E-state index contributed by atoms with van der Waals surface area (Å²) in [5.41, 5.74) is 6.73. The Morgan fingerprint density at radius 3 is 2.86 bits per heavy atom. The molecule has 14 heavy (non-hydrogen) atoms. The molecule has 1 atom stereocenters. The van der Waals surface area contributed by atoms with Crippen LogP contribution in [0.15, 0.2) is 18.6 Å². The first-order chi connectivity index (χ1) is 6.79. The summed E-state index contributed by atoms with van der Waals surface area (Å²) >= 11 is 0. The highest BCUT2D eigenvalue weighted by atomic mass is 15.1. The van der Waals surface area contributed by atoms with Crippen molar-refractivity contribution in [3.63, 3.8) is 0 Å². The molecular formula is C10H18N4. The van der Waals surface area contributed by atoms with Gasteiger partial charge in [-0.25, -0.2) is 9.97 Å². The Morgan fingerprint density at radius 1 is 1.57 bits per heavy atom. The van der Waals surface area contributed by atoms with Gasteiger partial charge in [-0.1, -0.05) is 6.92 Å². The van der Waals surface area contributed by atoms with Gasteiger partial charge in [-0.3, -0.25) is 4.90 Å². The standard InChI is InChI=1S/C10H18N4/c1-3-6-14(2)10(7-11)9-4-5-12-8-13-9/h4-5,8,10H,3,6-7,11H2,1-2H3. The van der Waals surface area contributed by atoms with Gasteiger partial charge in [0.2, 0.25) is 0 Å². The summed E-state index contributed by atoms with van der Waals surface area (Å²) < 4.78 is 0. The van der Waals surface area contributed by atoms with Gasteiger partial charge in [0.25, 0.3) is 0 Å². The third-order valence-corrected chi connectivity index (χ3v) is 2.28. The molecule has 1 aromatic heterocycles. The maximum Gasteiger partial charge on any atom is 0.115 e. The Bertz CT molecular complexity index is 250. The zero-order valence-corrected chi connectivity index (χ0v) is 8.85. The van der Waals surface area contributed by atoms with Crippen molar-refractivity contribution >= 4 is 0 Å². The van der Waals surface area contributed by atoms with Gasteiger partial charge in [0.15, 0.2) is 0 Å². The van der Waals surface area contributed by atoms with Gasteiger partial charge in [-0.15, -0.1) is 0 Å². The van der Waals surface area contributed by atoms with Crippen LogP contribution in [0.2, 0.25) is 0 Å². The van der Waals surface area contributed by atoms with Crippen molar-refractivity contribution in [3.8, 4) is 0 Å². The first-order valence-corrected chi connectivity index (χ1v) is 4.95. The molecule has 4 nitrogen and oxygen atoms in total. The molecule has 78 valence electrons. The molecule has 0 saturated carbocycles. The van der Waals surface area contributed by atoms with Crippen LogP contribution in [0.3, 0.4) is 0 Å². The lowest BCUT2D eigenvalue weighted by Crippen LogP contribution is -2.31. The second-order valence-electron chi connectivity index (χ2n) is 3.37. The van der Waals surface area contributed by atoms with E-state index in [2.05, 4.69) is 28.8 Å². The molecule has 0 fully saturated rings. The van der Waals surface area contributed by atoms with Crippen LogP contribution in [-0.2, 0) is 0 Å². The van der Waals surface area contributed by atoms with E-state index in [1.54, 1.807) is 12.5 Å². The highest BCUT2D eigenvalue weighted by Crippen LogP contribution is 2.14. The fraction of sp³-hybridized carbons (Fsp3) is 0.600. The summed E-state index contributed by atoms with van der Waals surface area (Å²) in [5, 5.41) is 0. The van der Waals surface area contributed by atoms with Crippen molar-refractivity contribution in [2.75, 3.05) is 20.1 Å². The molecule has 4 heteroatoms. The number of nitrogens with two attached hydrogens (primary N) is 1. The smallest absolute Gasteiger partial charge is 0.115 e. The van der Waals surface area contributed by atoms with Gasteiger partial charge < -0.3 is 5.73 Å². The van der Waals surface area contributed by atoms with Gasteiger partial charge >= 0.3 is 0 Å². The SMILES string of the molecule is CCCN(C)C(CN)c1ccncn1. The Morgan fingerprint density at radius 2 is 2.36 bits per heavy atom. The molecule has 0 bridgehead atoms. The number of hydrogen-bond donors (Lipinski definition) is 1. The first kappa shape index (κ1) is 11.1. The number of rotatable bonds is 5. The molecule has 1 unspecified atom stereocenters. The molecule has 1 heterocycles. The second-order valence-corrected chi connectivity index (χ2v) is 3.37. The quantitative estimate of drug-likeness (QED) is 0.754. The average Bonchev–Trinajstić information content (AvgIpc) is 2.21. The Hall–Kier alpha value is -1.00. The fourth-order valence-corrected chi connectivity index (χ4v) is 1.53. The van der Waals surface area contributed by atoms with Crippen molar-refractivity contribution in [2.45, 2.75) is 19.4 Å². The Labute approximate surface area is 85.2 Å². The van der Waals surface area contributed by atoms with E-state index in [0.29, 0.717) is 6.54 Å². The Kier molecular flexibility index (Phi) is 4.49. The van der Waals surface area contributed by atoms with Gasteiger partial charge in [0, 0.05) is 12.7 Å². The predicted molar refractivity (Wildman–Crippen MR) is 56.7 cm³/mol. The fourth-order valence-electron chi connectivity index (χ4n) is 1.53. The van der Waals surface area contributed by atoms with Crippen LogP contribution in [0.5, 0.6) is 0 Å². The Balaban J connectivity index is 2.71. The molecule has 0 amide bonds. The van der Waals surface area contributed by atoms with Crippen molar-refractivity contribution in [1.82, 2.24) is 14.9 Å². The van der Waals surface area contributed by atoms with Crippen LogP contribution >= 0.6 is 0 Å². The molecule has 1 aromatic rings. The van der Waals surface area contributed by atoms with Gasteiger partial charge in [-0.2, -0.15) is 0 Å². The maximum absolute atomic E-state index is 5.73. The number of likely N-dealkylation sites (N-methyl/N-ethyl adjacent to an activating group) is 1. The summed E-state index contributed by atoms with van der Waals surface area (Å²) in [6.45, 7) is 3.78. The summed E-state index contributed by atoms with van der Waals surface area (Å²) in [6.07, 6.45) is 4.45. The molecule has 0 spiro atoms. The van der Waals surface area contributed by atoms with E-state index in [0.717, 1.165) is 18.7 Å². The van der Waals surface area contributed by atoms with Crippen molar-refractivity contribution in [1.29, 1.82) is 0 Å². The van der Waals surface area contributed by atoms with Crippen molar-refractivity contribution in [3.05, 3.63) is 24.3 Å². The summed E-state index contributed by atoms with van der Waals surface area (Å²) in [7, 11) is 2.07. The zero-order chi connectivity index (χ0) is 10.4. The van der Waals surface area contributed by atoms with Crippen LogP contribution in [0, 0.1) is 0 Å². The van der Waals surface area contributed by atoms with E-state index in [1.807, 2.05) is 6.07 Å². The molecule has 0 aliphatic heterocycles. The van der Waals surface area contributed by atoms with Crippen LogP contribution in [0.4, 0.5) is 0 Å². The summed E-state index contributed by atoms with van der Waals surface area (Å²) in [6, 6.07) is 2.13. The van der Waals surface area contributed by atoms with E-state index in [4.69, 9.17) is 5.73 Å². The highest BCUT2D eigenvalue weighted by molar-refractivity contribution is 5.05. The lowest BCUT2D eigenvalue weighted by atomic mass is 10.1. The minimum absolute atomic E-state index is 0.206. The number of nitrogens with zero attached hydrogens (tertiary/aromatic N) is 3. The van der Waals surface area contributed by atoms with Gasteiger partial charge in [-0.05, 0) is 26.1 Å². The first-order valence-electron chi connectivity index (χ1n) is 4.95. The third-order valence-electron chi connectivity index (χ3n) is 2.28. The van der Waals surface area contributed by atoms with E-state index in [9.17, 15) is 0 Å². The van der Waals surface area contributed by atoms with Gasteiger partial charge in [0.1, 0.15) is 6.33 Å². The second kappa shape index (κ2) is 5.67. The third kappa shape index (κ3) is 2.75. The van der Waals surface area contributed by atoms with Crippen molar-refractivity contribution < 1.29 is 0 Å². The predicted octanol–water partition coefficient (Wildman–Crippen LogP) is 0.818. The minimum Gasteiger partial charge on any atom is -0.329 e. The van der Waals surface area contributed by atoms with Crippen LogP contribution in [0.25, 0.3) is 0 Å². The molecular weight excluding hydrogens is 176 g/mol. The van der Waals surface area contributed by atoms with Crippen LogP contribution < -0.4 is 5.73 Å². The molecule has 0 aromatic carbocycles. The highest BCUT2D eigenvalue weighted by Gasteiger charge is 2.15. The average molecular weight is 194 g/mol. The monoisotopic (exact) mass is 194 g/mol. The number of hydrogen-bond acceptors (Lipinski definition) is 4. The zero-order valence-electron chi connectivity index (χ0n) is 8.85. The molecule has 0 aliphatic rings. The van der Waals surface area contributed by atoms with Crippen LogP contribution in [0.1, 0.15) is 25.1 Å². The van der Waals surface area contributed by atoms with Crippen LogP contribution in [-0.4, -0.2) is 35.0 Å². The van der Waals surface area contributed by atoms with E-state index in [-0.39, 0.29) is 6.04 Å². The summed E-state index contributed by atoms with van der Waals surface area (Å²) in [5.74, 6) is 0. The maximum atomic E-state index is 5.73. The van der Waals surface area contributed by atoms with Crippen molar-refractivity contribution in [2.24, 2.45) is 5.73 Å². The lowest BCUT2D eigenvalue weighted by molar-refractivity contribution is 0.246. The largest absolute Gasteiger partial charge is 0.329 e. The normalized spacial score (nSPS) is 13.1. The summed E-state index contributed by atoms with van der Waals surface area (Å²) in [4.78, 5) is 10.3. The topological polar surface area (TPSA) is 55.0 Å².